The highest BCUT2D eigenvalue weighted by Crippen LogP contribution is 2.23. The van der Waals surface area contributed by atoms with Crippen LogP contribution in [0.2, 0.25) is 0 Å². The highest BCUT2D eigenvalue weighted by molar-refractivity contribution is 7.99. The maximum Gasteiger partial charge on any atom is 0.306 e. The van der Waals surface area contributed by atoms with E-state index >= 15 is 0 Å². The van der Waals surface area contributed by atoms with E-state index in [0.29, 0.717) is 22.1 Å². The van der Waals surface area contributed by atoms with Crippen LogP contribution in [0.25, 0.3) is 16.9 Å². The van der Waals surface area contributed by atoms with Gasteiger partial charge in [-0.15, -0.1) is 10.2 Å². The first-order chi connectivity index (χ1) is 14.9. The fourth-order valence-electron chi connectivity index (χ4n) is 2.69. The molecule has 0 aliphatic heterocycles. The zero-order valence-corrected chi connectivity index (χ0v) is 16.3. The van der Waals surface area contributed by atoms with E-state index < -0.39 is 22.3 Å². The summed E-state index contributed by atoms with van der Waals surface area (Å²) in [7, 11) is 0. The number of benzene rings is 2. The molecule has 1 amide bonds. The van der Waals surface area contributed by atoms with Crippen molar-refractivity contribution in [3.05, 3.63) is 76.3 Å². The summed E-state index contributed by atoms with van der Waals surface area (Å²) in [4.78, 5) is 22.2. The van der Waals surface area contributed by atoms with E-state index in [-0.39, 0.29) is 17.3 Å². The summed E-state index contributed by atoms with van der Waals surface area (Å²) >= 11 is 1.05. The molecule has 2 aromatic carbocycles. The highest BCUT2D eigenvalue weighted by atomic mass is 32.2. The number of fused-ring (bicyclic) bond motifs is 1. The monoisotopic (exact) mass is 442 g/mol. The van der Waals surface area contributed by atoms with Crippen LogP contribution >= 0.6 is 11.8 Å². The molecule has 0 radical (unpaired) electrons. The van der Waals surface area contributed by atoms with Gasteiger partial charge in [0, 0.05) is 17.3 Å². The van der Waals surface area contributed by atoms with Gasteiger partial charge in [-0.2, -0.15) is 14.0 Å². The van der Waals surface area contributed by atoms with Gasteiger partial charge in [-0.3, -0.25) is 14.9 Å². The van der Waals surface area contributed by atoms with Crippen molar-refractivity contribution in [3.8, 4) is 11.3 Å². The first-order valence-corrected chi connectivity index (χ1v) is 9.74. The van der Waals surface area contributed by atoms with Crippen LogP contribution in [0.3, 0.4) is 0 Å². The third-order valence-electron chi connectivity index (χ3n) is 4.13. The van der Waals surface area contributed by atoms with E-state index in [2.05, 4.69) is 20.6 Å². The number of aromatic nitrogens is 4. The third-order valence-corrected chi connectivity index (χ3v) is 5.05. The Hall–Kier alpha value is -3.93. The predicted molar refractivity (Wildman–Crippen MR) is 109 cm³/mol. The highest BCUT2D eigenvalue weighted by Gasteiger charge is 2.16. The molecule has 12 heteroatoms. The summed E-state index contributed by atoms with van der Waals surface area (Å²) in [6.07, 6.45) is 0. The molecule has 0 aliphatic rings. The van der Waals surface area contributed by atoms with E-state index in [1.54, 1.807) is 24.3 Å². The molecule has 1 N–H and O–H groups in total. The molecule has 0 atom stereocenters. The predicted octanol–water partition coefficient (Wildman–Crippen LogP) is 3.71. The quantitative estimate of drug-likeness (QED) is 0.275. The van der Waals surface area contributed by atoms with Crippen LogP contribution in [0.1, 0.15) is 0 Å². The van der Waals surface area contributed by atoms with Crippen LogP contribution in [-0.2, 0) is 4.79 Å². The molecule has 156 valence electrons. The summed E-state index contributed by atoms with van der Waals surface area (Å²) in [6, 6.07) is 12.3. The van der Waals surface area contributed by atoms with Gasteiger partial charge in [0.25, 0.3) is 0 Å². The zero-order chi connectivity index (χ0) is 22.0. The lowest BCUT2D eigenvalue weighted by Crippen LogP contribution is -2.14. The van der Waals surface area contributed by atoms with Crippen molar-refractivity contribution >= 4 is 34.7 Å². The Morgan fingerprint density at radius 1 is 1.10 bits per heavy atom. The molecule has 9 nitrogen and oxygen atoms in total. The molecule has 0 saturated carbocycles. The first kappa shape index (κ1) is 20.3. The van der Waals surface area contributed by atoms with Crippen molar-refractivity contribution in [2.24, 2.45) is 0 Å². The molecule has 2 heterocycles. The zero-order valence-electron chi connectivity index (χ0n) is 15.5. The second-order valence-corrected chi connectivity index (χ2v) is 7.18. The minimum atomic E-state index is -0.990. The van der Waals surface area contributed by atoms with Gasteiger partial charge in [-0.25, -0.2) is 4.39 Å². The van der Waals surface area contributed by atoms with Crippen molar-refractivity contribution < 1.29 is 18.5 Å². The maximum atomic E-state index is 13.4. The Bertz CT molecular complexity index is 1300. The SMILES string of the molecule is O=C(CSc1nnc2ccc(-c3ccc(F)cc3)nn12)Nc1ccc(F)c([N+](=O)[O-])c1. The summed E-state index contributed by atoms with van der Waals surface area (Å²) in [5, 5.41) is 26.1. The van der Waals surface area contributed by atoms with Gasteiger partial charge in [0.1, 0.15) is 5.82 Å². The topological polar surface area (TPSA) is 115 Å². The number of carbonyl (C=O) groups excluding carboxylic acids is 1. The number of hydrogen-bond donors (Lipinski definition) is 1. The van der Waals surface area contributed by atoms with Gasteiger partial charge in [0.05, 0.1) is 16.4 Å². The Balaban J connectivity index is 1.48. The lowest BCUT2D eigenvalue weighted by Gasteiger charge is -2.05. The lowest BCUT2D eigenvalue weighted by atomic mass is 10.1. The number of nitrogens with zero attached hydrogens (tertiary/aromatic N) is 5. The number of nitro benzene ring substituents is 1. The molecule has 0 fully saturated rings. The van der Waals surface area contributed by atoms with Gasteiger partial charge in [0.2, 0.25) is 16.9 Å². The number of amides is 1. The normalized spacial score (nSPS) is 10.9. The Labute approximate surface area is 177 Å². The molecule has 4 aromatic rings. The van der Waals surface area contributed by atoms with Crippen molar-refractivity contribution in [2.45, 2.75) is 5.16 Å². The lowest BCUT2D eigenvalue weighted by molar-refractivity contribution is -0.387. The van der Waals surface area contributed by atoms with E-state index in [0.717, 1.165) is 23.9 Å². The van der Waals surface area contributed by atoms with Crippen molar-refractivity contribution in [1.82, 2.24) is 19.8 Å². The van der Waals surface area contributed by atoms with Crippen molar-refractivity contribution in [1.29, 1.82) is 0 Å². The van der Waals surface area contributed by atoms with Gasteiger partial charge < -0.3 is 5.32 Å². The number of anilines is 1. The summed E-state index contributed by atoms with van der Waals surface area (Å²) < 4.78 is 28.0. The fraction of sp³-hybridized carbons (Fsp3) is 0.0526. The second-order valence-electron chi connectivity index (χ2n) is 6.24. The average Bonchev–Trinajstić information content (AvgIpc) is 3.16. The molecule has 4 rings (SSSR count). The molecule has 0 spiro atoms. The van der Waals surface area contributed by atoms with E-state index in [1.165, 1.54) is 22.7 Å². The number of halogens is 2. The molecule has 31 heavy (non-hydrogen) atoms. The number of nitrogens with one attached hydrogen (secondary N) is 1. The molecule has 0 bridgehead atoms. The number of carbonyl (C=O) groups is 1. The third kappa shape index (κ3) is 4.48. The average molecular weight is 442 g/mol. The van der Waals surface area contributed by atoms with Gasteiger partial charge in [-0.1, -0.05) is 11.8 Å². The van der Waals surface area contributed by atoms with Crippen LogP contribution in [0.4, 0.5) is 20.2 Å². The summed E-state index contributed by atoms with van der Waals surface area (Å²) in [5.41, 5.74) is 1.09. The summed E-state index contributed by atoms with van der Waals surface area (Å²) in [6.45, 7) is 0. The van der Waals surface area contributed by atoms with Gasteiger partial charge in [-0.05, 0) is 48.5 Å². The van der Waals surface area contributed by atoms with E-state index in [4.69, 9.17) is 0 Å². The molecular formula is C19H12F2N6O3S. The molecule has 0 aliphatic carbocycles. The largest absolute Gasteiger partial charge is 0.325 e. The number of hydrogen-bond acceptors (Lipinski definition) is 7. The number of rotatable bonds is 6. The van der Waals surface area contributed by atoms with E-state index in [1.807, 2.05) is 0 Å². The molecule has 0 unspecified atom stereocenters. The molecule has 0 saturated heterocycles. The number of nitro groups is 1. The maximum absolute atomic E-state index is 13.4. The van der Waals surface area contributed by atoms with Gasteiger partial charge in [0.15, 0.2) is 5.65 Å². The first-order valence-electron chi connectivity index (χ1n) is 8.76. The Morgan fingerprint density at radius 2 is 1.87 bits per heavy atom. The fourth-order valence-corrected chi connectivity index (χ4v) is 3.38. The number of thioether (sulfide) groups is 1. The minimum Gasteiger partial charge on any atom is -0.325 e. The van der Waals surface area contributed by atoms with Crippen LogP contribution < -0.4 is 5.32 Å². The smallest absolute Gasteiger partial charge is 0.306 e. The Morgan fingerprint density at radius 3 is 2.61 bits per heavy atom. The van der Waals surface area contributed by atoms with Crippen LogP contribution in [0.5, 0.6) is 0 Å². The Kier molecular flexibility index (Phi) is 5.54. The minimum absolute atomic E-state index is 0.0889. The van der Waals surface area contributed by atoms with Crippen molar-refractivity contribution in [2.75, 3.05) is 11.1 Å². The standard InChI is InChI=1S/C19H12F2N6O3S/c20-12-3-1-11(2-4-12)15-7-8-17-23-24-19(26(17)25-15)31-10-18(28)22-13-5-6-14(21)16(9-13)27(29)30/h1-9H,10H2,(H,22,28). The molecular weight excluding hydrogens is 430 g/mol. The second kappa shape index (κ2) is 8.44. The van der Waals surface area contributed by atoms with Crippen LogP contribution in [-0.4, -0.2) is 36.4 Å². The summed E-state index contributed by atoms with van der Waals surface area (Å²) in [5.74, 6) is -1.91. The molecule has 2 aromatic heterocycles. The van der Waals surface area contributed by atoms with Gasteiger partial charge >= 0.3 is 5.69 Å². The van der Waals surface area contributed by atoms with Crippen LogP contribution in [0.15, 0.2) is 59.8 Å². The van der Waals surface area contributed by atoms with E-state index in [9.17, 15) is 23.7 Å². The van der Waals surface area contributed by atoms with Crippen LogP contribution in [0, 0.1) is 21.7 Å². The van der Waals surface area contributed by atoms with Crippen molar-refractivity contribution in [3.63, 3.8) is 0 Å².